The molecule has 1 amide bonds. The Labute approximate surface area is 279 Å². The molecule has 2 atom stereocenters. The van der Waals surface area contributed by atoms with Crippen molar-refractivity contribution in [2.45, 2.75) is 44.2 Å². The highest BCUT2D eigenvalue weighted by atomic mass is 19.4. The zero-order valence-electron chi connectivity index (χ0n) is 26.2. The highest BCUT2D eigenvalue weighted by molar-refractivity contribution is 5.85. The number of carbonyl (C=O) groups is 2. The Balaban J connectivity index is 1.58. The van der Waals surface area contributed by atoms with Crippen LogP contribution in [0.1, 0.15) is 46.3 Å². The zero-order chi connectivity index (χ0) is 36.1. The summed E-state index contributed by atoms with van der Waals surface area (Å²) in [6, 6.07) is 6.22. The maximum absolute atomic E-state index is 15.8. The predicted molar refractivity (Wildman–Crippen MR) is 165 cm³/mol. The number of hydrogen-bond donors (Lipinski definition) is 2. The van der Waals surface area contributed by atoms with Crippen molar-refractivity contribution in [1.29, 1.82) is 0 Å². The Hall–Kier alpha value is -5.18. The smallest absolute Gasteiger partial charge is 0.416 e. The minimum absolute atomic E-state index is 0.00397. The van der Waals surface area contributed by atoms with E-state index in [0.29, 0.717) is 10.1 Å². The minimum Gasteiger partial charge on any atom is -0.481 e. The Morgan fingerprint density at radius 2 is 1.74 bits per heavy atom. The number of amides is 1. The van der Waals surface area contributed by atoms with Crippen LogP contribution in [0.2, 0.25) is 0 Å². The summed E-state index contributed by atoms with van der Waals surface area (Å²) in [7, 11) is 0. The molecule has 15 heteroatoms. The Kier molecular flexibility index (Phi) is 9.20. The Morgan fingerprint density at radius 1 is 1.00 bits per heavy atom. The van der Waals surface area contributed by atoms with Gasteiger partial charge in [-0.05, 0) is 66.4 Å². The summed E-state index contributed by atoms with van der Waals surface area (Å²) >= 11 is 0. The highest BCUT2D eigenvalue weighted by Gasteiger charge is 2.38. The van der Waals surface area contributed by atoms with Gasteiger partial charge in [-0.1, -0.05) is 12.1 Å². The van der Waals surface area contributed by atoms with Gasteiger partial charge in [0.05, 0.1) is 18.0 Å². The van der Waals surface area contributed by atoms with Crippen molar-refractivity contribution in [2.75, 3.05) is 19.6 Å². The maximum Gasteiger partial charge on any atom is 0.416 e. The average molecular weight is 704 g/mol. The third-order valence-electron chi connectivity index (χ3n) is 8.75. The van der Waals surface area contributed by atoms with Crippen LogP contribution in [-0.2, 0) is 22.2 Å². The topological polar surface area (TPSA) is 101 Å². The lowest BCUT2D eigenvalue weighted by molar-refractivity contribution is -0.139. The van der Waals surface area contributed by atoms with Gasteiger partial charge < -0.3 is 15.2 Å². The van der Waals surface area contributed by atoms with E-state index in [4.69, 9.17) is 4.74 Å². The fraction of sp³-hybridized carbons (Fsp3) is 0.286. The highest BCUT2D eigenvalue weighted by Crippen LogP contribution is 2.40. The van der Waals surface area contributed by atoms with Gasteiger partial charge in [0.25, 0.3) is 5.56 Å². The minimum atomic E-state index is -5.01. The number of fused-ring (bicyclic) bond motifs is 6. The molecule has 1 aromatic heterocycles. The van der Waals surface area contributed by atoms with Crippen LogP contribution in [-0.4, -0.2) is 52.3 Å². The van der Waals surface area contributed by atoms with Crippen molar-refractivity contribution in [3.63, 3.8) is 0 Å². The van der Waals surface area contributed by atoms with Crippen molar-refractivity contribution in [1.82, 2.24) is 14.8 Å². The first-order chi connectivity index (χ1) is 23.6. The van der Waals surface area contributed by atoms with Crippen molar-refractivity contribution >= 4 is 11.9 Å². The number of pyridine rings is 1. The number of hydrogen-bond acceptors (Lipinski definition) is 5. The van der Waals surface area contributed by atoms with Crippen molar-refractivity contribution < 1.29 is 50.2 Å². The molecular weight excluding hydrogens is 675 g/mol. The predicted octanol–water partition coefficient (Wildman–Crippen LogP) is 6.48. The van der Waals surface area contributed by atoms with E-state index in [2.05, 4.69) is 5.32 Å². The number of aromatic nitrogens is 1. The third kappa shape index (κ3) is 6.82. The average Bonchev–Trinajstić information content (AvgIpc) is 3.02. The van der Waals surface area contributed by atoms with Gasteiger partial charge in [-0.25, -0.2) is 17.6 Å². The summed E-state index contributed by atoms with van der Waals surface area (Å²) in [6.07, 6.45) is -6.74. The first kappa shape index (κ1) is 34.7. The molecule has 0 unspecified atom stereocenters. The number of carboxylic acid groups (broad SMARTS) is 1. The van der Waals surface area contributed by atoms with E-state index in [-0.39, 0.29) is 54.7 Å². The number of benzene rings is 3. The molecule has 4 bridgehead atoms. The number of carbonyl (C=O) groups excluding carboxylic acids is 1. The number of rotatable bonds is 6. The van der Waals surface area contributed by atoms with Crippen molar-refractivity contribution in [3.05, 3.63) is 116 Å². The van der Waals surface area contributed by atoms with E-state index in [1.165, 1.54) is 12.1 Å². The first-order valence-corrected chi connectivity index (χ1v) is 15.4. The Bertz CT molecular complexity index is 2060. The number of aliphatic carboxylic acids is 1. The van der Waals surface area contributed by atoms with Crippen molar-refractivity contribution in [2.24, 2.45) is 0 Å². The van der Waals surface area contributed by atoms with Gasteiger partial charge in [-0.2, -0.15) is 13.2 Å². The SMILES string of the molecule is Cc1cccc2c1-c1cc(F)c(F)c(c1)[C@H](CC(=O)O)NC(=O)[C@H](n1cc(CCN3CC(F)C3)c(C(F)(F)F)cc1=O)c1cc(ccc1F)O2. The number of nitrogens with one attached hydrogen (secondary N) is 1. The molecule has 0 spiro atoms. The largest absolute Gasteiger partial charge is 0.481 e. The lowest BCUT2D eigenvalue weighted by Crippen LogP contribution is -2.49. The fourth-order valence-corrected chi connectivity index (χ4v) is 6.33. The number of nitrogens with zero attached hydrogens (tertiary/aromatic N) is 2. The van der Waals surface area contributed by atoms with Crippen LogP contribution in [0.3, 0.4) is 0 Å². The molecule has 2 aliphatic heterocycles. The zero-order valence-corrected chi connectivity index (χ0v) is 26.2. The summed E-state index contributed by atoms with van der Waals surface area (Å²) in [5, 5.41) is 12.0. The van der Waals surface area contributed by atoms with Crippen LogP contribution in [0.5, 0.6) is 11.5 Å². The number of aryl methyl sites for hydroxylation is 1. The summed E-state index contributed by atoms with van der Waals surface area (Å²) in [5.74, 6) is -6.85. The molecule has 262 valence electrons. The molecule has 0 aliphatic carbocycles. The van der Waals surface area contributed by atoms with E-state index < -0.39 is 88.0 Å². The molecule has 2 N–H and O–H groups in total. The van der Waals surface area contributed by atoms with E-state index in [0.717, 1.165) is 30.5 Å². The Morgan fingerprint density at radius 3 is 2.42 bits per heavy atom. The summed E-state index contributed by atoms with van der Waals surface area (Å²) in [5.41, 5.74) is -3.47. The first-order valence-electron chi connectivity index (χ1n) is 15.4. The molecular formula is C35H28F7N3O5. The van der Waals surface area contributed by atoms with Gasteiger partial charge in [0.2, 0.25) is 5.91 Å². The molecule has 6 rings (SSSR count). The van der Waals surface area contributed by atoms with Crippen LogP contribution >= 0.6 is 0 Å². The second kappa shape index (κ2) is 13.3. The lowest BCUT2D eigenvalue weighted by Gasteiger charge is -2.34. The summed E-state index contributed by atoms with van der Waals surface area (Å²) < 4.78 is 109. The quantitative estimate of drug-likeness (QED) is 0.223. The second-order valence-electron chi connectivity index (χ2n) is 12.2. The number of halogens is 7. The molecule has 1 saturated heterocycles. The molecule has 0 saturated carbocycles. The van der Waals surface area contributed by atoms with Gasteiger partial charge in [0.15, 0.2) is 11.6 Å². The normalized spacial score (nSPS) is 18.1. The number of ether oxygens (including phenoxy) is 1. The van der Waals surface area contributed by atoms with Crippen LogP contribution < -0.4 is 15.6 Å². The van der Waals surface area contributed by atoms with Gasteiger partial charge in [0, 0.05) is 48.6 Å². The number of alkyl halides is 4. The molecule has 50 heavy (non-hydrogen) atoms. The summed E-state index contributed by atoms with van der Waals surface area (Å²) in [4.78, 5) is 41.1. The molecule has 2 aliphatic rings. The molecule has 1 fully saturated rings. The van der Waals surface area contributed by atoms with E-state index in [1.54, 1.807) is 24.0 Å². The third-order valence-corrected chi connectivity index (χ3v) is 8.75. The fourth-order valence-electron chi connectivity index (χ4n) is 6.33. The van der Waals surface area contributed by atoms with Crippen LogP contribution in [0.15, 0.2) is 65.6 Å². The van der Waals surface area contributed by atoms with E-state index in [1.807, 2.05) is 0 Å². The van der Waals surface area contributed by atoms with Gasteiger partial charge in [-0.3, -0.25) is 23.9 Å². The van der Waals surface area contributed by atoms with Gasteiger partial charge in [-0.15, -0.1) is 0 Å². The molecule has 3 heterocycles. The molecule has 3 aromatic carbocycles. The lowest BCUT2D eigenvalue weighted by atomic mass is 9.93. The van der Waals surface area contributed by atoms with E-state index in [9.17, 15) is 37.1 Å². The number of carboxylic acids is 1. The van der Waals surface area contributed by atoms with Crippen LogP contribution in [0.25, 0.3) is 11.1 Å². The van der Waals surface area contributed by atoms with Gasteiger partial charge in [0.1, 0.15) is 29.5 Å². The molecule has 0 radical (unpaired) electrons. The van der Waals surface area contributed by atoms with Crippen molar-refractivity contribution in [3.8, 4) is 22.6 Å². The number of likely N-dealkylation sites (tertiary alicyclic amines) is 1. The summed E-state index contributed by atoms with van der Waals surface area (Å²) in [6.45, 7) is 1.61. The van der Waals surface area contributed by atoms with Crippen LogP contribution in [0.4, 0.5) is 30.7 Å². The van der Waals surface area contributed by atoms with Crippen LogP contribution in [0, 0.1) is 24.4 Å². The standard InChI is InChI=1S/C35H28F7N3O5/c1-17-3-2-4-28-31(17)19-9-23(32(39)26(38)10-19)27(13-30(47)48)43-34(49)33(22-11-21(50-28)5-6-25(22)37)45-14-18(7-8-44-15-20(36)16-44)24(12-29(45)46)35(40,41)42/h2-6,9-12,14,20,27,33H,7-8,13,15-16H2,1H3,(H,43,49)(H,47,48)/t27-,33+/m0/s1. The van der Waals surface area contributed by atoms with E-state index >= 15 is 13.2 Å². The molecule has 8 nitrogen and oxygen atoms in total. The molecule has 4 aromatic rings. The maximum atomic E-state index is 15.8. The second-order valence-corrected chi connectivity index (χ2v) is 12.2. The monoisotopic (exact) mass is 703 g/mol. The van der Waals surface area contributed by atoms with Gasteiger partial charge >= 0.3 is 12.1 Å².